The van der Waals surface area contributed by atoms with Crippen molar-refractivity contribution >= 4 is 23.5 Å². The van der Waals surface area contributed by atoms with Gasteiger partial charge in [0, 0.05) is 26.2 Å². The standard InChI is InChI=1S/C18H21ClFN5O2/c1-12-15(17(26)23-7-2-8-24(10-9-23)18(21)27)16(19)25(22-12)11-13-3-5-14(20)6-4-13/h3-6H,2,7-11H2,1H3,(H2,21,27). The molecule has 1 aliphatic rings. The highest BCUT2D eigenvalue weighted by molar-refractivity contribution is 6.33. The Labute approximate surface area is 161 Å². The van der Waals surface area contributed by atoms with E-state index >= 15 is 0 Å². The molecule has 3 amide bonds. The number of rotatable bonds is 3. The molecule has 2 heterocycles. The third kappa shape index (κ3) is 4.21. The molecule has 1 saturated heterocycles. The number of hydrogen-bond acceptors (Lipinski definition) is 3. The van der Waals surface area contributed by atoms with Gasteiger partial charge in [-0.1, -0.05) is 23.7 Å². The van der Waals surface area contributed by atoms with Crippen molar-refractivity contribution in [1.29, 1.82) is 0 Å². The van der Waals surface area contributed by atoms with Crippen LogP contribution in [0, 0.1) is 12.7 Å². The van der Waals surface area contributed by atoms with Crippen molar-refractivity contribution in [2.75, 3.05) is 26.2 Å². The minimum atomic E-state index is -0.481. The Morgan fingerprint density at radius 1 is 1.15 bits per heavy atom. The monoisotopic (exact) mass is 393 g/mol. The molecule has 2 N–H and O–H groups in total. The Hall–Kier alpha value is -2.61. The molecule has 0 bridgehead atoms. The number of urea groups is 1. The van der Waals surface area contributed by atoms with Crippen LogP contribution in [0.5, 0.6) is 0 Å². The molecule has 0 spiro atoms. The summed E-state index contributed by atoms with van der Waals surface area (Å²) in [6.45, 7) is 3.88. The zero-order valence-corrected chi connectivity index (χ0v) is 15.7. The van der Waals surface area contributed by atoms with E-state index in [9.17, 15) is 14.0 Å². The van der Waals surface area contributed by atoms with Gasteiger partial charge in [0.1, 0.15) is 11.0 Å². The number of aryl methyl sites for hydroxylation is 1. The molecule has 1 aliphatic heterocycles. The number of hydrogen-bond donors (Lipinski definition) is 1. The highest BCUT2D eigenvalue weighted by atomic mass is 35.5. The van der Waals surface area contributed by atoms with E-state index in [1.807, 2.05) is 0 Å². The number of aromatic nitrogens is 2. The van der Waals surface area contributed by atoms with E-state index in [0.29, 0.717) is 50.4 Å². The Balaban J connectivity index is 1.78. The van der Waals surface area contributed by atoms with Crippen LogP contribution in [0.1, 0.15) is 28.0 Å². The number of benzene rings is 1. The van der Waals surface area contributed by atoms with Crippen molar-refractivity contribution in [3.8, 4) is 0 Å². The summed E-state index contributed by atoms with van der Waals surface area (Å²) < 4.78 is 14.6. The molecule has 144 valence electrons. The topological polar surface area (TPSA) is 84.5 Å². The maximum Gasteiger partial charge on any atom is 0.314 e. The van der Waals surface area contributed by atoms with Crippen molar-refractivity contribution in [1.82, 2.24) is 19.6 Å². The molecule has 1 aromatic heterocycles. The summed E-state index contributed by atoms with van der Waals surface area (Å²) in [6.07, 6.45) is 0.648. The van der Waals surface area contributed by atoms with Crippen molar-refractivity contribution in [2.24, 2.45) is 5.73 Å². The number of carbonyl (C=O) groups is 2. The van der Waals surface area contributed by atoms with E-state index in [4.69, 9.17) is 17.3 Å². The zero-order valence-electron chi connectivity index (χ0n) is 15.0. The number of halogens is 2. The van der Waals surface area contributed by atoms with E-state index in [0.717, 1.165) is 5.56 Å². The molecule has 1 aromatic carbocycles. The predicted molar refractivity (Wildman–Crippen MR) is 99.2 cm³/mol. The van der Waals surface area contributed by atoms with Gasteiger partial charge in [0.25, 0.3) is 5.91 Å². The summed E-state index contributed by atoms with van der Waals surface area (Å²) in [5.74, 6) is -0.530. The highest BCUT2D eigenvalue weighted by Crippen LogP contribution is 2.23. The molecular formula is C18H21ClFN5O2. The smallest absolute Gasteiger partial charge is 0.314 e. The molecule has 27 heavy (non-hydrogen) atoms. The SMILES string of the molecule is Cc1nn(Cc2ccc(F)cc2)c(Cl)c1C(=O)N1CCCN(C(N)=O)CC1. The van der Waals surface area contributed by atoms with Crippen LogP contribution < -0.4 is 5.73 Å². The lowest BCUT2D eigenvalue weighted by Gasteiger charge is -2.21. The molecule has 0 unspecified atom stereocenters. The largest absolute Gasteiger partial charge is 0.351 e. The lowest BCUT2D eigenvalue weighted by Crippen LogP contribution is -2.39. The van der Waals surface area contributed by atoms with Gasteiger partial charge < -0.3 is 15.5 Å². The highest BCUT2D eigenvalue weighted by Gasteiger charge is 2.27. The first-order valence-corrected chi connectivity index (χ1v) is 9.05. The van der Waals surface area contributed by atoms with Crippen LogP contribution in [0.25, 0.3) is 0 Å². The first-order valence-electron chi connectivity index (χ1n) is 8.68. The second-order valence-electron chi connectivity index (χ2n) is 6.51. The summed E-state index contributed by atoms with van der Waals surface area (Å²) in [5, 5.41) is 4.62. The first kappa shape index (κ1) is 19.2. The second kappa shape index (κ2) is 7.96. The van der Waals surface area contributed by atoms with Crippen LogP contribution >= 0.6 is 11.6 Å². The third-order valence-electron chi connectivity index (χ3n) is 4.62. The Morgan fingerprint density at radius 2 is 1.78 bits per heavy atom. The first-order chi connectivity index (χ1) is 12.9. The lowest BCUT2D eigenvalue weighted by molar-refractivity contribution is 0.0762. The van der Waals surface area contributed by atoms with E-state index in [1.54, 1.807) is 24.0 Å². The van der Waals surface area contributed by atoms with Gasteiger partial charge in [-0.3, -0.25) is 4.79 Å². The molecule has 0 saturated carbocycles. The maximum absolute atomic E-state index is 13.1. The van der Waals surface area contributed by atoms with Gasteiger partial charge in [-0.15, -0.1) is 0 Å². The molecule has 9 heteroatoms. The average molecular weight is 394 g/mol. The molecule has 7 nitrogen and oxygen atoms in total. The van der Waals surface area contributed by atoms with Crippen LogP contribution in [0.3, 0.4) is 0 Å². The Bertz CT molecular complexity index is 852. The van der Waals surface area contributed by atoms with Crippen LogP contribution in [-0.4, -0.2) is 57.7 Å². The van der Waals surface area contributed by atoms with Crippen molar-refractivity contribution in [3.05, 3.63) is 52.1 Å². The number of primary amides is 1. The molecule has 0 atom stereocenters. The summed E-state index contributed by atoms with van der Waals surface area (Å²) in [7, 11) is 0. The number of amides is 3. The predicted octanol–water partition coefficient (Wildman–Crippen LogP) is 2.26. The van der Waals surface area contributed by atoms with Gasteiger partial charge in [-0.25, -0.2) is 13.9 Å². The zero-order chi connectivity index (χ0) is 19.6. The van der Waals surface area contributed by atoms with Gasteiger partial charge in [0.05, 0.1) is 17.8 Å². The van der Waals surface area contributed by atoms with Crippen LogP contribution in [-0.2, 0) is 6.54 Å². The van der Waals surface area contributed by atoms with Crippen molar-refractivity contribution in [2.45, 2.75) is 19.9 Å². The van der Waals surface area contributed by atoms with Gasteiger partial charge in [0.15, 0.2) is 0 Å². The minimum Gasteiger partial charge on any atom is -0.351 e. The molecule has 0 radical (unpaired) electrons. The fourth-order valence-electron chi connectivity index (χ4n) is 3.16. The van der Waals surface area contributed by atoms with Crippen LogP contribution in [0.2, 0.25) is 5.15 Å². The fourth-order valence-corrected chi connectivity index (χ4v) is 3.48. The lowest BCUT2D eigenvalue weighted by atomic mass is 10.2. The Morgan fingerprint density at radius 3 is 2.44 bits per heavy atom. The Kier molecular flexibility index (Phi) is 5.65. The quantitative estimate of drug-likeness (QED) is 0.868. The van der Waals surface area contributed by atoms with Crippen molar-refractivity contribution < 1.29 is 14.0 Å². The van der Waals surface area contributed by atoms with E-state index < -0.39 is 6.03 Å². The van der Waals surface area contributed by atoms with E-state index in [2.05, 4.69) is 5.10 Å². The van der Waals surface area contributed by atoms with E-state index in [1.165, 1.54) is 21.7 Å². The van der Waals surface area contributed by atoms with E-state index in [-0.39, 0.29) is 16.9 Å². The molecular weight excluding hydrogens is 373 g/mol. The average Bonchev–Trinajstić information content (AvgIpc) is 2.81. The van der Waals surface area contributed by atoms with Crippen LogP contribution in [0.15, 0.2) is 24.3 Å². The minimum absolute atomic E-state index is 0.214. The van der Waals surface area contributed by atoms with Crippen LogP contribution in [0.4, 0.5) is 9.18 Å². The molecule has 1 fully saturated rings. The summed E-state index contributed by atoms with van der Waals surface area (Å²) >= 11 is 6.44. The van der Waals surface area contributed by atoms with Gasteiger partial charge in [0.2, 0.25) is 0 Å². The third-order valence-corrected chi connectivity index (χ3v) is 5.00. The number of nitrogens with zero attached hydrogens (tertiary/aromatic N) is 4. The molecule has 0 aliphatic carbocycles. The maximum atomic E-state index is 13.1. The second-order valence-corrected chi connectivity index (χ2v) is 6.86. The van der Waals surface area contributed by atoms with Gasteiger partial charge >= 0.3 is 6.03 Å². The summed E-state index contributed by atoms with van der Waals surface area (Å²) in [5.41, 5.74) is 7.04. The fraction of sp³-hybridized carbons (Fsp3) is 0.389. The summed E-state index contributed by atoms with van der Waals surface area (Å²) in [6, 6.07) is 5.56. The van der Waals surface area contributed by atoms with Crippen molar-refractivity contribution in [3.63, 3.8) is 0 Å². The van der Waals surface area contributed by atoms with Gasteiger partial charge in [-0.05, 0) is 31.0 Å². The number of nitrogens with two attached hydrogens (primary N) is 1. The van der Waals surface area contributed by atoms with Gasteiger partial charge in [-0.2, -0.15) is 5.10 Å². The summed E-state index contributed by atoms with van der Waals surface area (Å²) in [4.78, 5) is 27.5. The molecule has 3 rings (SSSR count). The molecule has 2 aromatic rings. The number of carbonyl (C=O) groups excluding carboxylic acids is 2. The normalized spacial score (nSPS) is 14.9.